The van der Waals surface area contributed by atoms with E-state index in [-0.39, 0.29) is 23.5 Å². The van der Waals surface area contributed by atoms with E-state index >= 15 is 0 Å². The number of carbonyl (C=O) groups excluding carboxylic acids is 1. The molecule has 0 spiro atoms. The number of hydrazone groups is 1. The smallest absolute Gasteiger partial charge is 0.346 e. The number of carbonyl (C=O) groups is 1. The van der Waals surface area contributed by atoms with Gasteiger partial charge in [0.2, 0.25) is 0 Å². The van der Waals surface area contributed by atoms with Crippen molar-refractivity contribution >= 4 is 17.8 Å². The second-order valence-electron chi connectivity index (χ2n) is 8.35. The molecule has 1 heterocycles. The van der Waals surface area contributed by atoms with Crippen LogP contribution in [0.2, 0.25) is 0 Å². The zero-order valence-electron chi connectivity index (χ0n) is 20.8. The highest BCUT2D eigenvalue weighted by Crippen LogP contribution is 2.22. The first kappa shape index (κ1) is 27.1. The van der Waals surface area contributed by atoms with Crippen LogP contribution in [-0.2, 0) is 17.9 Å². The van der Waals surface area contributed by atoms with Crippen LogP contribution in [0.3, 0.4) is 0 Å². The van der Waals surface area contributed by atoms with E-state index in [9.17, 15) is 24.8 Å². The molecular formula is C25H30N6O6. The molecule has 3 aromatic rings. The van der Waals surface area contributed by atoms with Gasteiger partial charge >= 0.3 is 5.69 Å². The molecule has 37 heavy (non-hydrogen) atoms. The summed E-state index contributed by atoms with van der Waals surface area (Å²) < 4.78 is 7.83. The number of methoxy groups -OCH3 is 1. The fraction of sp³-hybridized carbons (Fsp3) is 0.360. The fourth-order valence-electron chi connectivity index (χ4n) is 3.66. The van der Waals surface area contributed by atoms with Gasteiger partial charge in [-0.3, -0.25) is 19.5 Å². The summed E-state index contributed by atoms with van der Waals surface area (Å²) in [6, 6.07) is 10.4. The van der Waals surface area contributed by atoms with Crippen LogP contribution in [0.15, 0.2) is 52.4 Å². The van der Waals surface area contributed by atoms with Crippen molar-refractivity contribution in [2.24, 2.45) is 5.10 Å². The molecule has 0 aliphatic heterocycles. The average molecular weight is 511 g/mol. The van der Waals surface area contributed by atoms with Gasteiger partial charge in [0.15, 0.2) is 5.82 Å². The number of nitro benzene ring substituents is 1. The summed E-state index contributed by atoms with van der Waals surface area (Å²) in [5.41, 5.74) is 2.33. The van der Waals surface area contributed by atoms with Gasteiger partial charge in [-0.15, -0.1) is 5.10 Å². The molecule has 12 heteroatoms. The summed E-state index contributed by atoms with van der Waals surface area (Å²) in [5, 5.41) is 29.1. The number of benzene rings is 2. The van der Waals surface area contributed by atoms with E-state index in [2.05, 4.69) is 22.5 Å². The van der Waals surface area contributed by atoms with Crippen LogP contribution in [0.25, 0.3) is 11.4 Å². The minimum atomic E-state index is -0.611. The number of nitro groups is 1. The second-order valence-corrected chi connectivity index (χ2v) is 8.35. The molecule has 12 nitrogen and oxygen atoms in total. The average Bonchev–Trinajstić information content (AvgIpc) is 3.19. The summed E-state index contributed by atoms with van der Waals surface area (Å²) >= 11 is 0. The van der Waals surface area contributed by atoms with Crippen molar-refractivity contribution in [3.8, 4) is 22.9 Å². The highest BCUT2D eigenvalue weighted by Gasteiger charge is 2.18. The van der Waals surface area contributed by atoms with Crippen LogP contribution in [0.1, 0.15) is 44.6 Å². The van der Waals surface area contributed by atoms with Gasteiger partial charge < -0.3 is 9.84 Å². The molecule has 0 aliphatic carbocycles. The summed E-state index contributed by atoms with van der Waals surface area (Å²) in [5.74, 6) is 0.128. The molecular weight excluding hydrogens is 480 g/mol. The molecule has 0 fully saturated rings. The largest absolute Gasteiger partial charge is 0.507 e. The Morgan fingerprint density at radius 1 is 1.19 bits per heavy atom. The van der Waals surface area contributed by atoms with Gasteiger partial charge in [0, 0.05) is 29.8 Å². The number of phenolic OH excluding ortho intramolecular Hbond substituents is 1. The van der Waals surface area contributed by atoms with Crippen LogP contribution in [0, 0.1) is 10.1 Å². The van der Waals surface area contributed by atoms with Crippen LogP contribution in [0.4, 0.5) is 5.69 Å². The molecule has 196 valence electrons. The van der Waals surface area contributed by atoms with Crippen molar-refractivity contribution in [1.29, 1.82) is 0 Å². The van der Waals surface area contributed by atoms with Crippen molar-refractivity contribution in [2.75, 3.05) is 7.11 Å². The molecule has 2 aromatic carbocycles. The first-order valence-corrected chi connectivity index (χ1v) is 12.0. The van der Waals surface area contributed by atoms with E-state index in [0.29, 0.717) is 23.7 Å². The Kier molecular flexibility index (Phi) is 9.53. The van der Waals surface area contributed by atoms with Crippen LogP contribution < -0.4 is 15.9 Å². The van der Waals surface area contributed by atoms with Crippen molar-refractivity contribution in [1.82, 2.24) is 19.8 Å². The molecule has 1 aromatic heterocycles. The van der Waals surface area contributed by atoms with Crippen molar-refractivity contribution in [2.45, 2.75) is 52.1 Å². The molecule has 2 N–H and O–H groups in total. The number of aryl methyl sites for hydroxylation is 1. The van der Waals surface area contributed by atoms with E-state index in [4.69, 9.17) is 4.74 Å². The lowest BCUT2D eigenvalue weighted by molar-refractivity contribution is -0.384. The Morgan fingerprint density at radius 2 is 1.92 bits per heavy atom. The Morgan fingerprint density at radius 3 is 2.59 bits per heavy atom. The first-order valence-electron chi connectivity index (χ1n) is 12.0. The van der Waals surface area contributed by atoms with E-state index < -0.39 is 16.5 Å². The molecule has 0 saturated carbocycles. The maximum atomic E-state index is 13.1. The van der Waals surface area contributed by atoms with Crippen LogP contribution in [0.5, 0.6) is 11.5 Å². The number of aromatic hydroxyl groups is 1. The summed E-state index contributed by atoms with van der Waals surface area (Å²) in [6.45, 7) is 2.22. The third-order valence-electron chi connectivity index (χ3n) is 5.66. The predicted octanol–water partition coefficient (Wildman–Crippen LogP) is 3.45. The van der Waals surface area contributed by atoms with Gasteiger partial charge in [0.1, 0.15) is 18.0 Å². The van der Waals surface area contributed by atoms with Gasteiger partial charge in [-0.2, -0.15) is 5.10 Å². The summed E-state index contributed by atoms with van der Waals surface area (Å²) in [7, 11) is 1.55. The van der Waals surface area contributed by atoms with Crippen molar-refractivity contribution < 1.29 is 19.6 Å². The molecule has 0 saturated heterocycles. The molecule has 1 amide bonds. The third kappa shape index (κ3) is 7.26. The zero-order chi connectivity index (χ0) is 26.8. The molecule has 3 rings (SSSR count). The quantitative estimate of drug-likeness (QED) is 0.154. The topological polar surface area (TPSA) is 154 Å². The monoisotopic (exact) mass is 510 g/mol. The van der Waals surface area contributed by atoms with Gasteiger partial charge in [-0.05, 0) is 36.8 Å². The minimum Gasteiger partial charge on any atom is -0.507 e. The zero-order valence-corrected chi connectivity index (χ0v) is 20.8. The molecule has 0 atom stereocenters. The minimum absolute atomic E-state index is 0.0569. The highest BCUT2D eigenvalue weighted by atomic mass is 16.6. The number of phenols is 1. The van der Waals surface area contributed by atoms with Gasteiger partial charge in [-0.25, -0.2) is 14.9 Å². The predicted molar refractivity (Wildman–Crippen MR) is 138 cm³/mol. The lowest BCUT2D eigenvalue weighted by Crippen LogP contribution is -2.31. The molecule has 0 bridgehead atoms. The summed E-state index contributed by atoms with van der Waals surface area (Å²) in [6.07, 6.45) is 6.20. The van der Waals surface area contributed by atoms with Gasteiger partial charge in [-0.1, -0.05) is 32.6 Å². The van der Waals surface area contributed by atoms with E-state index in [1.807, 2.05) is 0 Å². The van der Waals surface area contributed by atoms with Gasteiger partial charge in [0.25, 0.3) is 11.6 Å². The standard InChI is InChI=1S/C25H30N6O6/c1-3-4-5-6-7-14-30-25(34)29(24(28-30)18-8-11-21(37-2)12-9-18)17-23(33)27-26-16-19-15-20(31(35)36)10-13-22(19)32/h8-13,15-16,32H,3-7,14,17H2,1-2H3,(H,27,33)/b26-16+. The van der Waals surface area contributed by atoms with E-state index in [0.717, 1.165) is 50.5 Å². The normalized spacial score (nSPS) is 11.1. The SMILES string of the molecule is CCCCCCCn1nc(-c2ccc(OC)cc2)n(CC(=O)N/N=C/c2cc([N+](=O)[O-])ccc2O)c1=O. The molecule has 0 radical (unpaired) electrons. The maximum Gasteiger partial charge on any atom is 0.346 e. The van der Waals surface area contributed by atoms with E-state index in [1.54, 1.807) is 31.4 Å². The highest BCUT2D eigenvalue weighted by molar-refractivity contribution is 5.86. The number of nitrogens with zero attached hydrogens (tertiary/aromatic N) is 5. The van der Waals surface area contributed by atoms with Crippen LogP contribution >= 0.6 is 0 Å². The Hall–Kier alpha value is -4.48. The van der Waals surface area contributed by atoms with Crippen molar-refractivity contribution in [3.05, 3.63) is 68.6 Å². The number of amides is 1. The Bertz CT molecular complexity index is 1310. The number of ether oxygens (including phenoxy) is 1. The lowest BCUT2D eigenvalue weighted by atomic mass is 10.1. The number of unbranched alkanes of at least 4 members (excludes halogenated alkanes) is 4. The maximum absolute atomic E-state index is 13.1. The number of rotatable bonds is 13. The molecule has 0 aliphatic rings. The van der Waals surface area contributed by atoms with Crippen LogP contribution in [-0.4, -0.2) is 43.6 Å². The number of aromatic nitrogens is 3. The Labute approximate surface area is 213 Å². The Balaban J connectivity index is 1.78. The van der Waals surface area contributed by atoms with Crippen molar-refractivity contribution in [3.63, 3.8) is 0 Å². The first-order chi connectivity index (χ1) is 17.8. The molecule has 0 unspecified atom stereocenters. The lowest BCUT2D eigenvalue weighted by Gasteiger charge is -2.06. The fourth-order valence-corrected chi connectivity index (χ4v) is 3.66. The van der Waals surface area contributed by atoms with Gasteiger partial charge in [0.05, 0.1) is 18.2 Å². The number of hydrogen-bond donors (Lipinski definition) is 2. The number of nitrogens with one attached hydrogen (secondary N) is 1. The number of hydrogen-bond acceptors (Lipinski definition) is 8. The third-order valence-corrected chi connectivity index (χ3v) is 5.66. The number of non-ortho nitro benzene ring substituents is 1. The van der Waals surface area contributed by atoms with E-state index in [1.165, 1.54) is 15.3 Å². The summed E-state index contributed by atoms with van der Waals surface area (Å²) in [4.78, 5) is 36.1. The second kappa shape index (κ2) is 13.0.